The quantitative estimate of drug-likeness (QED) is 0.797. The number of Topliss-reactive ketones (excluding diaryl/α,β-unsaturated/α-hetero) is 1. The summed E-state index contributed by atoms with van der Waals surface area (Å²) < 4.78 is 1.69. The number of tetrazole rings is 1. The molecule has 1 N–H and O–H groups in total. The molecule has 0 aromatic carbocycles. The summed E-state index contributed by atoms with van der Waals surface area (Å²) in [7, 11) is 0. The molecule has 5 saturated carbocycles. The molecule has 5 aliphatic rings. The molecule has 1 aromatic rings. The van der Waals surface area contributed by atoms with Gasteiger partial charge in [-0.25, -0.2) is 4.68 Å². The van der Waals surface area contributed by atoms with E-state index in [4.69, 9.17) is 0 Å². The zero-order chi connectivity index (χ0) is 21.7. The lowest BCUT2D eigenvalue weighted by Crippen LogP contribution is -2.52. The third-order valence-corrected chi connectivity index (χ3v) is 10.9. The minimum Gasteiger partial charge on any atom is -0.390 e. The van der Waals surface area contributed by atoms with E-state index in [1.165, 1.54) is 32.1 Å². The molecule has 0 aliphatic heterocycles. The first-order valence-corrected chi connectivity index (χ1v) is 12.7. The van der Waals surface area contributed by atoms with Crippen LogP contribution in [0.25, 0.3) is 0 Å². The van der Waals surface area contributed by atoms with Gasteiger partial charge in [-0.15, -0.1) is 5.10 Å². The zero-order valence-corrected chi connectivity index (χ0v) is 19.5. The Morgan fingerprint density at radius 3 is 2.61 bits per heavy atom. The Morgan fingerprint density at radius 1 is 1.10 bits per heavy atom. The molecule has 1 aromatic heterocycles. The highest BCUT2D eigenvalue weighted by Gasteiger charge is 2.73. The minimum absolute atomic E-state index is 0.148. The van der Waals surface area contributed by atoms with Crippen LogP contribution in [-0.4, -0.2) is 36.7 Å². The van der Waals surface area contributed by atoms with Crippen LogP contribution in [0, 0.1) is 65.6 Å². The summed E-state index contributed by atoms with van der Waals surface area (Å²) in [6.45, 7) is 9.10. The van der Waals surface area contributed by atoms with Crippen LogP contribution >= 0.6 is 0 Å². The molecular weight excluding hydrogens is 388 g/mol. The van der Waals surface area contributed by atoms with Crippen LogP contribution in [0.5, 0.6) is 0 Å². The molecule has 6 nitrogen and oxygen atoms in total. The summed E-state index contributed by atoms with van der Waals surface area (Å²) in [4.78, 5) is 13.6. The molecule has 0 saturated heterocycles. The van der Waals surface area contributed by atoms with E-state index in [0.29, 0.717) is 36.0 Å². The first-order valence-electron chi connectivity index (χ1n) is 12.7. The third-order valence-electron chi connectivity index (χ3n) is 10.9. The predicted molar refractivity (Wildman–Crippen MR) is 116 cm³/mol. The van der Waals surface area contributed by atoms with Crippen molar-refractivity contribution in [3.05, 3.63) is 5.82 Å². The van der Waals surface area contributed by atoms with Crippen LogP contribution in [0.15, 0.2) is 0 Å². The van der Waals surface area contributed by atoms with Crippen LogP contribution in [0.4, 0.5) is 0 Å². The average Bonchev–Trinajstić information content (AvgIpc) is 3.04. The number of aliphatic hydroxyl groups is 1. The normalized spacial score (nSPS) is 52.6. The molecule has 0 spiro atoms. The number of rotatable bonds is 3. The lowest BCUT2D eigenvalue weighted by atomic mass is 9.47. The Hall–Kier alpha value is -1.30. The van der Waals surface area contributed by atoms with Crippen molar-refractivity contribution in [2.75, 3.05) is 0 Å². The third kappa shape index (κ3) is 2.85. The van der Waals surface area contributed by atoms with Crippen molar-refractivity contribution >= 4 is 5.78 Å². The number of hydrogen-bond donors (Lipinski definition) is 1. The van der Waals surface area contributed by atoms with Crippen molar-refractivity contribution in [2.45, 2.75) is 84.8 Å². The lowest BCUT2D eigenvalue weighted by molar-refractivity contribution is -0.137. The monoisotopic (exact) mass is 426 g/mol. The highest BCUT2D eigenvalue weighted by molar-refractivity contribution is 5.83. The van der Waals surface area contributed by atoms with E-state index in [-0.39, 0.29) is 11.3 Å². The molecule has 0 unspecified atom stereocenters. The van der Waals surface area contributed by atoms with Gasteiger partial charge in [-0.3, -0.25) is 4.79 Å². The zero-order valence-electron chi connectivity index (χ0n) is 19.5. The van der Waals surface area contributed by atoms with E-state index in [0.717, 1.165) is 42.3 Å². The molecule has 31 heavy (non-hydrogen) atoms. The van der Waals surface area contributed by atoms with E-state index in [2.05, 4.69) is 29.4 Å². The second kappa shape index (κ2) is 6.61. The van der Waals surface area contributed by atoms with Crippen LogP contribution in [0.3, 0.4) is 0 Å². The molecular formula is C25H38N4O2. The molecule has 5 fully saturated rings. The molecule has 11 atom stereocenters. The van der Waals surface area contributed by atoms with Crippen LogP contribution in [-0.2, 0) is 11.3 Å². The molecule has 170 valence electrons. The minimum atomic E-state index is -0.452. The van der Waals surface area contributed by atoms with Gasteiger partial charge in [-0.05, 0) is 122 Å². The summed E-state index contributed by atoms with van der Waals surface area (Å²) in [5, 5.41) is 22.4. The largest absolute Gasteiger partial charge is 0.390 e. The summed E-state index contributed by atoms with van der Waals surface area (Å²) in [6, 6.07) is 0. The molecule has 6 rings (SSSR count). The summed E-state index contributed by atoms with van der Waals surface area (Å²) in [6.07, 6.45) is 8.23. The van der Waals surface area contributed by atoms with E-state index < -0.39 is 5.60 Å². The first-order chi connectivity index (χ1) is 14.7. The summed E-state index contributed by atoms with van der Waals surface area (Å²) in [5.41, 5.74) is -0.304. The molecule has 1 heterocycles. The molecule has 0 bridgehead atoms. The standard InChI is InChI=1S/C25H38N4O2/c1-13-20-21(13)23(19(30)12-29-14(2)26-27-28-29)25(4)10-8-17-16-7-9-24(3,31)11-15(16)5-6-18(17)22(20)25/h13,15-18,20-23,31H,5-12H2,1-4H3/t13-,15+,16-,17+,18+,20+,21-,22+,23-,24+,25-/m0/s1. The van der Waals surface area contributed by atoms with Gasteiger partial charge in [0.25, 0.3) is 0 Å². The first kappa shape index (κ1) is 20.3. The van der Waals surface area contributed by atoms with Crippen LogP contribution in [0.1, 0.15) is 71.5 Å². The van der Waals surface area contributed by atoms with Gasteiger partial charge in [0.05, 0.1) is 5.60 Å². The van der Waals surface area contributed by atoms with Gasteiger partial charge in [-0.2, -0.15) is 0 Å². The number of nitrogens with zero attached hydrogens (tertiary/aromatic N) is 4. The second-order valence-electron chi connectivity index (χ2n) is 12.5. The Labute approximate surface area is 185 Å². The number of carbonyl (C=O) groups is 1. The van der Waals surface area contributed by atoms with Crippen LogP contribution < -0.4 is 0 Å². The topological polar surface area (TPSA) is 80.9 Å². The number of hydrogen-bond acceptors (Lipinski definition) is 5. The SMILES string of the molecule is Cc1nnnn1CC(=O)[C@H]1[C@H]2[C@@H](C)[C@H]2[C@H]2[C@@H]3CC[C@@H]4C[C@](C)(O)CC[C@@H]4[C@H]3CC[C@@]21C. The number of aromatic nitrogens is 4. The fourth-order valence-corrected chi connectivity index (χ4v) is 9.73. The highest BCUT2D eigenvalue weighted by atomic mass is 16.3. The van der Waals surface area contributed by atoms with Gasteiger partial charge in [0.1, 0.15) is 12.4 Å². The van der Waals surface area contributed by atoms with Crippen molar-refractivity contribution < 1.29 is 9.90 Å². The highest BCUT2D eigenvalue weighted by Crippen LogP contribution is 2.76. The average molecular weight is 427 g/mol. The Kier molecular flexibility index (Phi) is 4.34. The predicted octanol–water partition coefficient (Wildman–Crippen LogP) is 3.67. The van der Waals surface area contributed by atoms with Gasteiger partial charge in [-0.1, -0.05) is 13.8 Å². The van der Waals surface area contributed by atoms with Gasteiger partial charge in [0.2, 0.25) is 0 Å². The van der Waals surface area contributed by atoms with E-state index in [9.17, 15) is 9.90 Å². The molecule has 0 amide bonds. The fraction of sp³-hybridized carbons (Fsp3) is 0.920. The van der Waals surface area contributed by atoms with E-state index >= 15 is 0 Å². The van der Waals surface area contributed by atoms with Crippen molar-refractivity contribution in [2.24, 2.45) is 58.7 Å². The number of carbonyl (C=O) groups excluding carboxylic acids is 1. The van der Waals surface area contributed by atoms with Gasteiger partial charge >= 0.3 is 0 Å². The number of ketones is 1. The molecule has 5 aliphatic carbocycles. The summed E-state index contributed by atoms with van der Waals surface area (Å²) in [5.74, 6) is 7.08. The van der Waals surface area contributed by atoms with Crippen molar-refractivity contribution in [3.63, 3.8) is 0 Å². The second-order valence-corrected chi connectivity index (χ2v) is 12.5. The maximum Gasteiger partial charge on any atom is 0.158 e. The maximum absolute atomic E-state index is 13.6. The van der Waals surface area contributed by atoms with Crippen molar-refractivity contribution in [1.29, 1.82) is 0 Å². The Morgan fingerprint density at radius 2 is 1.87 bits per heavy atom. The van der Waals surface area contributed by atoms with Crippen LogP contribution in [0.2, 0.25) is 0 Å². The van der Waals surface area contributed by atoms with E-state index in [1.54, 1.807) is 4.68 Å². The smallest absolute Gasteiger partial charge is 0.158 e. The maximum atomic E-state index is 13.6. The van der Waals surface area contributed by atoms with Crippen molar-refractivity contribution in [3.8, 4) is 0 Å². The summed E-state index contributed by atoms with van der Waals surface area (Å²) >= 11 is 0. The molecule has 0 radical (unpaired) electrons. The van der Waals surface area contributed by atoms with Gasteiger partial charge in [0, 0.05) is 5.92 Å². The number of fused-ring (bicyclic) bond motifs is 7. The van der Waals surface area contributed by atoms with Crippen molar-refractivity contribution in [1.82, 2.24) is 20.2 Å². The van der Waals surface area contributed by atoms with E-state index in [1.807, 2.05) is 13.8 Å². The Balaban J connectivity index is 1.26. The fourth-order valence-electron chi connectivity index (χ4n) is 9.73. The molecule has 6 heteroatoms. The lowest BCUT2D eigenvalue weighted by Gasteiger charge is -2.58. The number of aryl methyl sites for hydroxylation is 1. The van der Waals surface area contributed by atoms with Gasteiger partial charge in [0.15, 0.2) is 5.78 Å². The van der Waals surface area contributed by atoms with Gasteiger partial charge < -0.3 is 5.11 Å². The Bertz CT molecular complexity index is 896.